The van der Waals surface area contributed by atoms with Crippen LogP contribution in [-0.4, -0.2) is 33.7 Å². The standard InChI is InChI=1S/C15H24N2O3S/c1-12-7-8-14(11-13(12)2)5-4-6-15(18)17-9-10-21(19,20)16-3/h7-8,11,16H,4-6,9-10H2,1-3H3,(H,17,18). The van der Waals surface area contributed by atoms with E-state index in [1.807, 2.05) is 0 Å². The number of hydrogen-bond donors (Lipinski definition) is 2. The summed E-state index contributed by atoms with van der Waals surface area (Å²) in [4.78, 5) is 11.6. The second-order valence-electron chi connectivity index (χ2n) is 5.15. The molecule has 118 valence electrons. The molecule has 0 unspecified atom stereocenters. The quantitative estimate of drug-likeness (QED) is 0.759. The second kappa shape index (κ2) is 8.14. The maximum Gasteiger partial charge on any atom is 0.220 e. The fourth-order valence-electron chi connectivity index (χ4n) is 1.93. The third-order valence-corrected chi connectivity index (χ3v) is 4.81. The first-order valence-electron chi connectivity index (χ1n) is 7.08. The fourth-order valence-corrected chi connectivity index (χ4v) is 2.50. The summed E-state index contributed by atoms with van der Waals surface area (Å²) in [7, 11) is -1.89. The van der Waals surface area contributed by atoms with E-state index in [0.29, 0.717) is 6.42 Å². The topological polar surface area (TPSA) is 75.3 Å². The Hall–Kier alpha value is -1.40. The highest BCUT2D eigenvalue weighted by Crippen LogP contribution is 2.12. The summed E-state index contributed by atoms with van der Waals surface area (Å²) < 4.78 is 24.6. The van der Waals surface area contributed by atoms with Gasteiger partial charge in [-0.2, -0.15) is 0 Å². The number of hydrogen-bond acceptors (Lipinski definition) is 3. The largest absolute Gasteiger partial charge is 0.355 e. The minimum absolute atomic E-state index is 0.0909. The van der Waals surface area contributed by atoms with Crippen molar-refractivity contribution in [1.29, 1.82) is 0 Å². The maximum absolute atomic E-state index is 11.6. The van der Waals surface area contributed by atoms with Gasteiger partial charge in [0.1, 0.15) is 0 Å². The van der Waals surface area contributed by atoms with Gasteiger partial charge in [-0.3, -0.25) is 4.79 Å². The highest BCUT2D eigenvalue weighted by Gasteiger charge is 2.08. The van der Waals surface area contributed by atoms with Crippen molar-refractivity contribution in [3.05, 3.63) is 34.9 Å². The van der Waals surface area contributed by atoms with E-state index in [1.165, 1.54) is 23.7 Å². The number of rotatable bonds is 8. The summed E-state index contributed by atoms with van der Waals surface area (Å²) in [6.45, 7) is 4.30. The predicted octanol–water partition coefficient (Wildman–Crippen LogP) is 1.29. The third-order valence-electron chi connectivity index (χ3n) is 3.44. The molecule has 0 saturated carbocycles. The minimum Gasteiger partial charge on any atom is -0.355 e. The van der Waals surface area contributed by atoms with Crippen LogP contribution in [0.3, 0.4) is 0 Å². The van der Waals surface area contributed by atoms with E-state index < -0.39 is 10.0 Å². The molecule has 0 aliphatic rings. The zero-order valence-corrected chi connectivity index (χ0v) is 13.7. The Morgan fingerprint density at radius 3 is 2.52 bits per heavy atom. The third kappa shape index (κ3) is 6.73. The van der Waals surface area contributed by atoms with Crippen molar-refractivity contribution in [3.8, 4) is 0 Å². The first kappa shape index (κ1) is 17.7. The van der Waals surface area contributed by atoms with Crippen molar-refractivity contribution in [3.63, 3.8) is 0 Å². The van der Waals surface area contributed by atoms with E-state index in [9.17, 15) is 13.2 Å². The molecule has 1 rings (SSSR count). The molecule has 0 aromatic heterocycles. The van der Waals surface area contributed by atoms with Gasteiger partial charge >= 0.3 is 0 Å². The monoisotopic (exact) mass is 312 g/mol. The summed E-state index contributed by atoms with van der Waals surface area (Å²) in [6, 6.07) is 6.32. The molecule has 6 heteroatoms. The Morgan fingerprint density at radius 2 is 1.90 bits per heavy atom. The van der Waals surface area contributed by atoms with Gasteiger partial charge in [0.15, 0.2) is 0 Å². The van der Waals surface area contributed by atoms with E-state index in [2.05, 4.69) is 42.1 Å². The van der Waals surface area contributed by atoms with Gasteiger partial charge in [0.05, 0.1) is 5.75 Å². The second-order valence-corrected chi connectivity index (χ2v) is 7.19. The van der Waals surface area contributed by atoms with Crippen LogP contribution in [0.1, 0.15) is 29.5 Å². The van der Waals surface area contributed by atoms with Gasteiger partial charge in [0.25, 0.3) is 0 Å². The van der Waals surface area contributed by atoms with Gasteiger partial charge in [-0.15, -0.1) is 0 Å². The highest BCUT2D eigenvalue weighted by atomic mass is 32.2. The van der Waals surface area contributed by atoms with Crippen molar-refractivity contribution in [2.24, 2.45) is 0 Å². The van der Waals surface area contributed by atoms with Crippen molar-refractivity contribution in [2.75, 3.05) is 19.3 Å². The molecule has 0 bridgehead atoms. The summed E-state index contributed by atoms with van der Waals surface area (Å²) in [5.41, 5.74) is 3.75. The zero-order valence-electron chi connectivity index (χ0n) is 12.9. The van der Waals surface area contributed by atoms with Crippen LogP contribution in [0, 0.1) is 13.8 Å². The SMILES string of the molecule is CNS(=O)(=O)CCNC(=O)CCCc1ccc(C)c(C)c1. The highest BCUT2D eigenvalue weighted by molar-refractivity contribution is 7.89. The van der Waals surface area contributed by atoms with Gasteiger partial charge in [-0.1, -0.05) is 18.2 Å². The molecule has 21 heavy (non-hydrogen) atoms. The summed E-state index contributed by atoms with van der Waals surface area (Å²) in [6.07, 6.45) is 2.02. The lowest BCUT2D eigenvalue weighted by Crippen LogP contribution is -2.32. The van der Waals surface area contributed by atoms with Crippen molar-refractivity contribution < 1.29 is 13.2 Å². The van der Waals surface area contributed by atoms with Crippen LogP contribution < -0.4 is 10.0 Å². The average Bonchev–Trinajstić information content (AvgIpc) is 2.42. The number of aryl methyl sites for hydroxylation is 3. The lowest BCUT2D eigenvalue weighted by atomic mass is 10.0. The number of amides is 1. The Labute approximate surface area is 127 Å². The van der Waals surface area contributed by atoms with Gasteiger partial charge in [-0.05, 0) is 50.4 Å². The van der Waals surface area contributed by atoms with Crippen molar-refractivity contribution in [2.45, 2.75) is 33.1 Å². The summed E-state index contributed by atoms with van der Waals surface area (Å²) >= 11 is 0. The van der Waals surface area contributed by atoms with Crippen LogP contribution in [0.5, 0.6) is 0 Å². The normalized spacial score (nSPS) is 11.4. The van der Waals surface area contributed by atoms with Crippen molar-refractivity contribution >= 4 is 15.9 Å². The number of sulfonamides is 1. The molecule has 0 saturated heterocycles. The lowest BCUT2D eigenvalue weighted by Gasteiger charge is -2.07. The molecule has 1 aromatic carbocycles. The van der Waals surface area contributed by atoms with Crippen LogP contribution in [0.2, 0.25) is 0 Å². The molecule has 0 radical (unpaired) electrons. The van der Waals surface area contributed by atoms with Crippen molar-refractivity contribution in [1.82, 2.24) is 10.0 Å². The Kier molecular flexibility index (Phi) is 6.84. The number of carbonyl (C=O) groups excluding carboxylic acids is 1. The van der Waals surface area contributed by atoms with Crippen LogP contribution >= 0.6 is 0 Å². The van der Waals surface area contributed by atoms with E-state index in [-0.39, 0.29) is 18.2 Å². The zero-order chi connectivity index (χ0) is 15.9. The van der Waals surface area contributed by atoms with E-state index in [0.717, 1.165) is 12.8 Å². The maximum atomic E-state index is 11.6. The predicted molar refractivity (Wildman–Crippen MR) is 84.7 cm³/mol. The van der Waals surface area contributed by atoms with E-state index >= 15 is 0 Å². The van der Waals surface area contributed by atoms with Crippen LogP contribution in [0.4, 0.5) is 0 Å². The molecule has 0 spiro atoms. The minimum atomic E-state index is -3.25. The molecule has 0 heterocycles. The Bertz CT molecular complexity index is 583. The molecule has 0 atom stereocenters. The number of benzene rings is 1. The molecular weight excluding hydrogens is 288 g/mol. The van der Waals surface area contributed by atoms with Crippen LogP contribution in [-0.2, 0) is 21.2 Å². The number of nitrogens with one attached hydrogen (secondary N) is 2. The van der Waals surface area contributed by atoms with Gasteiger partial charge < -0.3 is 5.32 Å². The summed E-state index contributed by atoms with van der Waals surface area (Å²) in [5, 5.41) is 2.62. The van der Waals surface area contributed by atoms with Crippen LogP contribution in [0.15, 0.2) is 18.2 Å². The van der Waals surface area contributed by atoms with Crippen LogP contribution in [0.25, 0.3) is 0 Å². The van der Waals surface area contributed by atoms with Gasteiger partial charge in [0, 0.05) is 13.0 Å². The molecule has 1 aromatic rings. The molecule has 0 fully saturated rings. The molecule has 0 aliphatic carbocycles. The lowest BCUT2D eigenvalue weighted by molar-refractivity contribution is -0.121. The Balaban J connectivity index is 2.26. The molecule has 0 aliphatic heterocycles. The fraction of sp³-hybridized carbons (Fsp3) is 0.533. The summed E-state index contributed by atoms with van der Waals surface area (Å²) in [5.74, 6) is -0.197. The van der Waals surface area contributed by atoms with E-state index in [1.54, 1.807) is 0 Å². The molecule has 2 N–H and O–H groups in total. The first-order chi connectivity index (χ1) is 9.84. The van der Waals surface area contributed by atoms with Gasteiger partial charge in [0.2, 0.25) is 15.9 Å². The molecule has 1 amide bonds. The number of carbonyl (C=O) groups is 1. The smallest absolute Gasteiger partial charge is 0.220 e. The van der Waals surface area contributed by atoms with Gasteiger partial charge in [-0.25, -0.2) is 13.1 Å². The first-order valence-corrected chi connectivity index (χ1v) is 8.73. The molecule has 5 nitrogen and oxygen atoms in total. The van der Waals surface area contributed by atoms with E-state index in [4.69, 9.17) is 0 Å². The Morgan fingerprint density at radius 1 is 1.19 bits per heavy atom. The average molecular weight is 312 g/mol. The molecular formula is C15H24N2O3S.